The Hall–Kier alpha value is -3.99. The zero-order valence-corrected chi connectivity index (χ0v) is 18.8. The highest BCUT2D eigenvalue weighted by molar-refractivity contribution is 6.08. The number of benzene rings is 2. The Bertz CT molecular complexity index is 1360. The van der Waals surface area contributed by atoms with Crippen LogP contribution in [-0.4, -0.2) is 26.5 Å². The fourth-order valence-corrected chi connectivity index (χ4v) is 5.37. The second-order valence-electron chi connectivity index (χ2n) is 9.12. The minimum atomic E-state index is -0.102. The first-order valence-electron chi connectivity index (χ1n) is 11.8. The minimum absolute atomic E-state index is 0.102. The maximum atomic E-state index is 13.8. The molecule has 0 saturated heterocycles. The van der Waals surface area contributed by atoms with Crippen LogP contribution in [0.25, 0.3) is 11.4 Å². The number of aromatic nitrogens is 2. The summed E-state index contributed by atoms with van der Waals surface area (Å²) in [6, 6.07) is 19.5. The van der Waals surface area contributed by atoms with Gasteiger partial charge in [-0.2, -0.15) is 0 Å². The largest absolute Gasteiger partial charge is 0.313 e. The van der Waals surface area contributed by atoms with Crippen LogP contribution in [0.5, 0.6) is 0 Å². The lowest BCUT2D eigenvalue weighted by molar-refractivity contribution is -0.119. The van der Waals surface area contributed by atoms with Crippen LogP contribution in [0.3, 0.4) is 0 Å². The van der Waals surface area contributed by atoms with E-state index in [1.54, 1.807) is 0 Å². The molecule has 2 heterocycles. The molecule has 0 atom stereocenters. The Morgan fingerprint density at radius 1 is 0.588 bits per heavy atom. The van der Waals surface area contributed by atoms with Gasteiger partial charge in [0.15, 0.2) is 0 Å². The SMILES string of the molecule is O=C1CCc2cccc(-n3cccc3C(=O)c3cccn3-c3cccc4c3CC(=O)CC4)c2C1. The van der Waals surface area contributed by atoms with Crippen LogP contribution in [0.2, 0.25) is 0 Å². The van der Waals surface area contributed by atoms with E-state index in [-0.39, 0.29) is 17.3 Å². The highest BCUT2D eigenvalue weighted by Gasteiger charge is 2.25. The molecule has 0 amide bonds. The summed E-state index contributed by atoms with van der Waals surface area (Å²) in [7, 11) is 0. The van der Waals surface area contributed by atoms with Gasteiger partial charge in [-0.1, -0.05) is 24.3 Å². The van der Waals surface area contributed by atoms with Crippen LogP contribution < -0.4 is 0 Å². The number of carbonyl (C=O) groups is 3. The van der Waals surface area contributed by atoms with E-state index in [1.165, 1.54) is 11.1 Å². The van der Waals surface area contributed by atoms with Crippen LogP contribution in [0.15, 0.2) is 73.1 Å². The third-order valence-corrected chi connectivity index (χ3v) is 7.07. The average molecular weight is 449 g/mol. The summed E-state index contributed by atoms with van der Waals surface area (Å²) in [6.45, 7) is 0. The molecule has 5 heteroatoms. The molecule has 0 fully saturated rings. The lowest BCUT2D eigenvalue weighted by Gasteiger charge is -2.21. The highest BCUT2D eigenvalue weighted by Crippen LogP contribution is 2.30. The van der Waals surface area contributed by atoms with Crippen molar-refractivity contribution in [3.05, 3.63) is 107 Å². The number of hydrogen-bond acceptors (Lipinski definition) is 3. The number of aryl methyl sites for hydroxylation is 2. The third kappa shape index (κ3) is 3.36. The van der Waals surface area contributed by atoms with E-state index in [9.17, 15) is 14.4 Å². The summed E-state index contributed by atoms with van der Waals surface area (Å²) in [5.74, 6) is 0.365. The van der Waals surface area contributed by atoms with E-state index in [2.05, 4.69) is 12.1 Å². The molecule has 2 aromatic heterocycles. The molecule has 2 aliphatic rings. The van der Waals surface area contributed by atoms with Gasteiger partial charge < -0.3 is 9.13 Å². The molecule has 0 bridgehead atoms. The second kappa shape index (κ2) is 8.10. The number of Topliss-reactive ketones (excluding diaryl/α,β-unsaturated/α-hetero) is 2. The van der Waals surface area contributed by atoms with Gasteiger partial charge >= 0.3 is 0 Å². The van der Waals surface area contributed by atoms with E-state index in [1.807, 2.05) is 70.1 Å². The molecule has 0 N–H and O–H groups in total. The Morgan fingerprint density at radius 3 is 1.53 bits per heavy atom. The molecule has 0 unspecified atom stereocenters. The van der Waals surface area contributed by atoms with Crippen LogP contribution in [0, 0.1) is 0 Å². The number of fused-ring (bicyclic) bond motifs is 2. The zero-order valence-electron chi connectivity index (χ0n) is 18.8. The van der Waals surface area contributed by atoms with Crippen molar-refractivity contribution >= 4 is 17.3 Å². The van der Waals surface area contributed by atoms with Crippen molar-refractivity contribution in [2.75, 3.05) is 0 Å². The molecule has 4 aromatic rings. The number of rotatable bonds is 4. The summed E-state index contributed by atoms with van der Waals surface area (Å²) < 4.78 is 3.81. The average Bonchev–Trinajstić information content (AvgIpc) is 3.53. The van der Waals surface area contributed by atoms with Crippen molar-refractivity contribution < 1.29 is 14.4 Å². The molecule has 0 radical (unpaired) electrons. The van der Waals surface area contributed by atoms with Crippen LogP contribution >= 0.6 is 0 Å². The first-order valence-corrected chi connectivity index (χ1v) is 11.8. The molecular formula is C29H24N2O3. The van der Waals surface area contributed by atoms with Crippen molar-refractivity contribution in [1.82, 2.24) is 9.13 Å². The molecule has 5 nitrogen and oxygen atoms in total. The van der Waals surface area contributed by atoms with Crippen molar-refractivity contribution in [1.29, 1.82) is 0 Å². The molecule has 0 saturated carbocycles. The summed E-state index contributed by atoms with van der Waals surface area (Å²) in [5.41, 5.74) is 7.24. The standard InChI is InChI=1S/C29H24N2O3/c32-21-13-11-19-5-1-7-25(23(19)17-21)30-15-3-9-27(30)29(34)28-10-4-16-31(28)26-8-2-6-20-12-14-22(33)18-24(20)26/h1-10,15-16H,11-14,17-18H2. The predicted molar refractivity (Wildman–Crippen MR) is 129 cm³/mol. The number of ketones is 3. The van der Waals surface area contributed by atoms with Gasteiger partial charge in [0.05, 0.1) is 11.4 Å². The number of nitrogens with zero attached hydrogens (tertiary/aromatic N) is 2. The molecular weight excluding hydrogens is 424 g/mol. The Morgan fingerprint density at radius 2 is 1.06 bits per heavy atom. The summed E-state index contributed by atoms with van der Waals surface area (Å²) in [4.78, 5) is 38.2. The lowest BCUT2D eigenvalue weighted by atomic mass is 9.89. The number of carbonyl (C=O) groups excluding carboxylic acids is 3. The third-order valence-electron chi connectivity index (χ3n) is 7.07. The fraction of sp³-hybridized carbons (Fsp3) is 0.207. The summed E-state index contributed by atoms with van der Waals surface area (Å²) in [6.07, 6.45) is 7.21. The van der Waals surface area contributed by atoms with E-state index in [4.69, 9.17) is 0 Å². The van der Waals surface area contributed by atoms with E-state index >= 15 is 0 Å². The molecule has 168 valence electrons. The summed E-state index contributed by atoms with van der Waals surface area (Å²) >= 11 is 0. The van der Waals surface area contributed by atoms with Crippen LogP contribution in [0.1, 0.15) is 51.3 Å². The van der Waals surface area contributed by atoms with Crippen molar-refractivity contribution in [3.63, 3.8) is 0 Å². The van der Waals surface area contributed by atoms with Crippen molar-refractivity contribution in [2.24, 2.45) is 0 Å². The second-order valence-corrected chi connectivity index (χ2v) is 9.12. The van der Waals surface area contributed by atoms with Crippen molar-refractivity contribution in [3.8, 4) is 11.4 Å². The Kier molecular flexibility index (Phi) is 4.91. The first-order chi connectivity index (χ1) is 16.6. The van der Waals surface area contributed by atoms with E-state index < -0.39 is 0 Å². The molecule has 6 rings (SSSR count). The van der Waals surface area contributed by atoms with Gasteiger partial charge in [-0.15, -0.1) is 0 Å². The molecule has 34 heavy (non-hydrogen) atoms. The van der Waals surface area contributed by atoms with Gasteiger partial charge in [0.2, 0.25) is 5.78 Å². The lowest BCUT2D eigenvalue weighted by Crippen LogP contribution is -2.19. The van der Waals surface area contributed by atoms with E-state index in [0.29, 0.717) is 37.1 Å². The Labute approximate surface area is 197 Å². The van der Waals surface area contributed by atoms with Crippen LogP contribution in [0.4, 0.5) is 0 Å². The summed E-state index contributed by atoms with van der Waals surface area (Å²) in [5, 5.41) is 0. The van der Waals surface area contributed by atoms with E-state index in [0.717, 1.165) is 35.3 Å². The molecule has 2 aromatic carbocycles. The molecule has 2 aliphatic carbocycles. The molecule has 0 aliphatic heterocycles. The van der Waals surface area contributed by atoms with Crippen LogP contribution in [-0.2, 0) is 35.3 Å². The quantitative estimate of drug-likeness (QED) is 0.428. The first kappa shape index (κ1) is 20.6. The monoisotopic (exact) mass is 448 g/mol. The fourth-order valence-electron chi connectivity index (χ4n) is 5.37. The van der Waals surface area contributed by atoms with Gasteiger partial charge in [0.1, 0.15) is 11.6 Å². The zero-order chi connectivity index (χ0) is 23.2. The van der Waals surface area contributed by atoms with Gasteiger partial charge in [-0.25, -0.2) is 0 Å². The maximum absolute atomic E-state index is 13.8. The predicted octanol–water partition coefficient (Wildman–Crippen LogP) is 4.61. The Balaban J connectivity index is 1.43. The van der Waals surface area contributed by atoms with Gasteiger partial charge in [0.25, 0.3) is 0 Å². The number of hydrogen-bond donors (Lipinski definition) is 0. The highest BCUT2D eigenvalue weighted by atomic mass is 16.1. The van der Waals surface area contributed by atoms with Gasteiger partial charge in [0, 0.05) is 49.5 Å². The smallest absolute Gasteiger partial charge is 0.226 e. The van der Waals surface area contributed by atoms with Gasteiger partial charge in [-0.05, 0) is 71.5 Å². The molecule has 0 spiro atoms. The topological polar surface area (TPSA) is 61.1 Å². The maximum Gasteiger partial charge on any atom is 0.226 e. The normalized spacial score (nSPS) is 15.2. The van der Waals surface area contributed by atoms with Gasteiger partial charge in [-0.3, -0.25) is 14.4 Å². The minimum Gasteiger partial charge on any atom is -0.313 e. The van der Waals surface area contributed by atoms with Crippen molar-refractivity contribution in [2.45, 2.75) is 38.5 Å².